The second-order valence-corrected chi connectivity index (χ2v) is 10.1. The summed E-state index contributed by atoms with van der Waals surface area (Å²) in [4.78, 5) is 25.7. The highest BCUT2D eigenvalue weighted by Gasteiger charge is 2.27. The molecule has 36 heavy (non-hydrogen) atoms. The van der Waals surface area contributed by atoms with Gasteiger partial charge in [0.15, 0.2) is 11.0 Å². The number of nitrogens with zero attached hydrogens (tertiary/aromatic N) is 3. The molecule has 190 valence electrons. The Morgan fingerprint density at radius 3 is 2.58 bits per heavy atom. The standard InChI is InChI=1S/C27H32ClN5O2S/c1-6-15-33-25(23(17(3)4)30-26(35)20-13-8-9-14-21(20)28)31-32-27(33)36-16-22(34)29-24-18(5)11-10-12-19(24)7-2/h6,8-14,17,23H,1,7,15-16H2,2-5H3,(H,29,34)(H,30,35)/t23-/m1/s1. The number of anilines is 1. The lowest BCUT2D eigenvalue weighted by atomic mass is 10.0. The van der Waals surface area contributed by atoms with Crippen LogP contribution in [0.4, 0.5) is 5.69 Å². The van der Waals surface area contributed by atoms with E-state index in [0.717, 1.165) is 23.2 Å². The number of amides is 2. The monoisotopic (exact) mass is 525 g/mol. The van der Waals surface area contributed by atoms with Gasteiger partial charge in [0.05, 0.1) is 22.4 Å². The number of para-hydroxylation sites is 1. The van der Waals surface area contributed by atoms with Crippen LogP contribution in [0.2, 0.25) is 5.02 Å². The van der Waals surface area contributed by atoms with Gasteiger partial charge in [-0.05, 0) is 42.5 Å². The average molecular weight is 526 g/mol. The molecule has 0 saturated heterocycles. The van der Waals surface area contributed by atoms with Gasteiger partial charge in [-0.3, -0.25) is 9.59 Å². The zero-order chi connectivity index (χ0) is 26.2. The van der Waals surface area contributed by atoms with Gasteiger partial charge in [-0.25, -0.2) is 0 Å². The number of carbonyl (C=O) groups excluding carboxylic acids is 2. The molecule has 9 heteroatoms. The summed E-state index contributed by atoms with van der Waals surface area (Å²) < 4.78 is 1.88. The summed E-state index contributed by atoms with van der Waals surface area (Å²) in [5.74, 6) is 0.391. The molecule has 1 aromatic heterocycles. The van der Waals surface area contributed by atoms with Crippen molar-refractivity contribution in [1.29, 1.82) is 0 Å². The molecule has 1 heterocycles. The first kappa shape index (κ1) is 27.5. The van der Waals surface area contributed by atoms with E-state index in [0.29, 0.717) is 28.1 Å². The molecule has 0 bridgehead atoms. The number of nitrogens with one attached hydrogen (secondary N) is 2. The van der Waals surface area contributed by atoms with Gasteiger partial charge in [-0.1, -0.05) is 80.5 Å². The van der Waals surface area contributed by atoms with Gasteiger partial charge in [0.25, 0.3) is 5.91 Å². The van der Waals surface area contributed by atoms with E-state index in [-0.39, 0.29) is 23.5 Å². The molecule has 0 aliphatic carbocycles. The third-order valence-electron chi connectivity index (χ3n) is 5.74. The maximum absolute atomic E-state index is 13.0. The minimum Gasteiger partial charge on any atom is -0.342 e. The number of rotatable bonds is 11. The Bertz CT molecular complexity index is 1240. The van der Waals surface area contributed by atoms with Crippen LogP contribution >= 0.6 is 23.4 Å². The first-order valence-corrected chi connectivity index (χ1v) is 13.2. The lowest BCUT2D eigenvalue weighted by Crippen LogP contribution is -2.34. The van der Waals surface area contributed by atoms with E-state index >= 15 is 0 Å². The van der Waals surface area contributed by atoms with Crippen molar-refractivity contribution in [2.24, 2.45) is 5.92 Å². The summed E-state index contributed by atoms with van der Waals surface area (Å²) in [6.45, 7) is 12.3. The predicted molar refractivity (Wildman–Crippen MR) is 147 cm³/mol. The lowest BCUT2D eigenvalue weighted by molar-refractivity contribution is -0.113. The zero-order valence-electron chi connectivity index (χ0n) is 21.0. The lowest BCUT2D eigenvalue weighted by Gasteiger charge is -2.23. The number of aromatic nitrogens is 3. The molecule has 0 aliphatic rings. The number of carbonyl (C=O) groups is 2. The van der Waals surface area contributed by atoms with Gasteiger partial charge >= 0.3 is 0 Å². The fraction of sp³-hybridized carbons (Fsp3) is 0.333. The SMILES string of the molecule is C=CCn1c(SCC(=O)Nc2c(C)cccc2CC)nnc1[C@H](NC(=O)c1ccccc1Cl)C(C)C. The molecule has 3 rings (SSSR count). The predicted octanol–water partition coefficient (Wildman–Crippen LogP) is 5.85. The molecule has 0 unspecified atom stereocenters. The quantitative estimate of drug-likeness (QED) is 0.242. The number of halogens is 1. The van der Waals surface area contributed by atoms with E-state index in [9.17, 15) is 9.59 Å². The minimum absolute atomic E-state index is 0.0267. The second kappa shape index (κ2) is 12.7. The molecule has 1 atom stereocenters. The van der Waals surface area contributed by atoms with Crippen LogP contribution in [0.1, 0.15) is 54.1 Å². The molecule has 2 amide bonds. The van der Waals surface area contributed by atoms with Gasteiger partial charge in [0, 0.05) is 12.2 Å². The summed E-state index contributed by atoms with van der Waals surface area (Å²) in [5, 5.41) is 15.8. The van der Waals surface area contributed by atoms with Crippen LogP contribution in [0, 0.1) is 12.8 Å². The van der Waals surface area contributed by atoms with Crippen LogP contribution in [-0.4, -0.2) is 32.3 Å². The van der Waals surface area contributed by atoms with Crippen LogP contribution in [0.25, 0.3) is 0 Å². The smallest absolute Gasteiger partial charge is 0.253 e. The van der Waals surface area contributed by atoms with E-state index in [4.69, 9.17) is 11.6 Å². The molecule has 0 fully saturated rings. The highest BCUT2D eigenvalue weighted by Crippen LogP contribution is 2.27. The fourth-order valence-electron chi connectivity index (χ4n) is 3.84. The molecule has 0 spiro atoms. The molecule has 3 aromatic rings. The van der Waals surface area contributed by atoms with Crippen molar-refractivity contribution in [1.82, 2.24) is 20.1 Å². The van der Waals surface area contributed by atoms with E-state index < -0.39 is 6.04 Å². The fourth-order valence-corrected chi connectivity index (χ4v) is 4.82. The molecular formula is C27H32ClN5O2S. The van der Waals surface area contributed by atoms with Gasteiger partial charge < -0.3 is 15.2 Å². The molecule has 2 N–H and O–H groups in total. The summed E-state index contributed by atoms with van der Waals surface area (Å²) >= 11 is 7.52. The Labute approximate surface area is 221 Å². The van der Waals surface area contributed by atoms with E-state index in [1.54, 1.807) is 30.3 Å². The molecule has 0 aliphatic heterocycles. The number of allylic oxidation sites excluding steroid dienone is 1. The Hall–Kier alpha value is -3.10. The molecule has 7 nitrogen and oxygen atoms in total. The number of hydrogen-bond acceptors (Lipinski definition) is 5. The summed E-state index contributed by atoms with van der Waals surface area (Å²) in [7, 11) is 0. The highest BCUT2D eigenvalue weighted by molar-refractivity contribution is 7.99. The van der Waals surface area contributed by atoms with Crippen LogP contribution in [0.15, 0.2) is 60.3 Å². The maximum Gasteiger partial charge on any atom is 0.253 e. The van der Waals surface area contributed by atoms with Crippen molar-refractivity contribution in [3.8, 4) is 0 Å². The minimum atomic E-state index is -0.413. The Balaban J connectivity index is 1.78. The van der Waals surface area contributed by atoms with Crippen LogP contribution < -0.4 is 10.6 Å². The third-order valence-corrected chi connectivity index (χ3v) is 7.04. The Morgan fingerprint density at radius 2 is 1.92 bits per heavy atom. The van der Waals surface area contributed by atoms with E-state index in [1.807, 2.05) is 43.5 Å². The maximum atomic E-state index is 13.0. The summed E-state index contributed by atoms with van der Waals surface area (Å²) in [6.07, 6.45) is 2.57. The Kier molecular flexibility index (Phi) is 9.73. The number of thioether (sulfide) groups is 1. The van der Waals surface area contributed by atoms with E-state index in [1.165, 1.54) is 11.8 Å². The number of benzene rings is 2. The normalized spacial score (nSPS) is 11.8. The number of aryl methyl sites for hydroxylation is 2. The largest absolute Gasteiger partial charge is 0.342 e. The number of hydrogen-bond donors (Lipinski definition) is 2. The van der Waals surface area contributed by atoms with Gasteiger partial charge in [-0.2, -0.15) is 0 Å². The van der Waals surface area contributed by atoms with Gasteiger partial charge in [0.1, 0.15) is 0 Å². The Morgan fingerprint density at radius 1 is 1.17 bits per heavy atom. The van der Waals surface area contributed by atoms with Crippen molar-refractivity contribution in [3.63, 3.8) is 0 Å². The van der Waals surface area contributed by atoms with Gasteiger partial charge in [-0.15, -0.1) is 16.8 Å². The van der Waals surface area contributed by atoms with Gasteiger partial charge in [0.2, 0.25) is 5.91 Å². The first-order chi connectivity index (χ1) is 17.3. The topological polar surface area (TPSA) is 88.9 Å². The van der Waals surface area contributed by atoms with Crippen molar-refractivity contribution in [3.05, 3.63) is 82.7 Å². The molecule has 0 radical (unpaired) electrons. The van der Waals surface area contributed by atoms with Crippen molar-refractivity contribution in [2.75, 3.05) is 11.1 Å². The summed E-state index contributed by atoms with van der Waals surface area (Å²) in [5.41, 5.74) is 3.38. The average Bonchev–Trinajstić information content (AvgIpc) is 3.24. The zero-order valence-corrected chi connectivity index (χ0v) is 22.6. The molecule has 0 saturated carbocycles. The van der Waals surface area contributed by atoms with Crippen LogP contribution in [0.5, 0.6) is 0 Å². The summed E-state index contributed by atoms with van der Waals surface area (Å²) in [6, 6.07) is 12.5. The van der Waals surface area contributed by atoms with Crippen molar-refractivity contribution in [2.45, 2.75) is 51.9 Å². The third kappa shape index (κ3) is 6.56. The molecular weight excluding hydrogens is 494 g/mol. The van der Waals surface area contributed by atoms with Crippen molar-refractivity contribution < 1.29 is 9.59 Å². The van der Waals surface area contributed by atoms with Crippen LogP contribution in [0.3, 0.4) is 0 Å². The second-order valence-electron chi connectivity index (χ2n) is 8.71. The van der Waals surface area contributed by atoms with E-state index in [2.05, 4.69) is 34.3 Å². The molecule has 2 aromatic carbocycles. The van der Waals surface area contributed by atoms with Crippen LogP contribution in [-0.2, 0) is 17.8 Å². The first-order valence-electron chi connectivity index (χ1n) is 11.9. The van der Waals surface area contributed by atoms with Crippen molar-refractivity contribution >= 4 is 40.9 Å². The highest BCUT2D eigenvalue weighted by atomic mass is 35.5.